The van der Waals surface area contributed by atoms with Gasteiger partial charge in [-0.15, -0.1) is 11.3 Å². The summed E-state index contributed by atoms with van der Waals surface area (Å²) in [5.74, 6) is 0. The number of thiophene rings is 1. The molecule has 1 aliphatic heterocycles. The van der Waals surface area contributed by atoms with Crippen molar-refractivity contribution in [2.24, 2.45) is 0 Å². The fourth-order valence-electron chi connectivity index (χ4n) is 1.29. The first-order valence-corrected chi connectivity index (χ1v) is 5.09. The highest BCUT2D eigenvalue weighted by molar-refractivity contribution is 7.09. The van der Waals surface area contributed by atoms with Gasteiger partial charge in [0.05, 0.1) is 13.2 Å². The molecular weight excluding hydrogens is 172 g/mol. The van der Waals surface area contributed by atoms with Gasteiger partial charge in [0.1, 0.15) is 0 Å². The zero-order valence-electron chi connectivity index (χ0n) is 6.86. The van der Waals surface area contributed by atoms with E-state index in [2.05, 4.69) is 17.5 Å². The van der Waals surface area contributed by atoms with Crippen LogP contribution in [0, 0.1) is 0 Å². The van der Waals surface area contributed by atoms with E-state index in [1.807, 2.05) is 0 Å². The lowest BCUT2D eigenvalue weighted by Crippen LogP contribution is -2.07. The van der Waals surface area contributed by atoms with E-state index in [1.54, 1.807) is 11.3 Å². The van der Waals surface area contributed by atoms with Crippen LogP contribution in [0.4, 0.5) is 0 Å². The molecule has 12 heavy (non-hydrogen) atoms. The summed E-state index contributed by atoms with van der Waals surface area (Å²) in [5, 5.41) is 2.10. The molecule has 1 saturated heterocycles. The monoisotopic (exact) mass is 184 g/mol. The van der Waals surface area contributed by atoms with Crippen LogP contribution in [0.25, 0.3) is 0 Å². The van der Waals surface area contributed by atoms with Crippen molar-refractivity contribution >= 4 is 11.3 Å². The molecule has 2 rings (SSSR count). The zero-order valence-corrected chi connectivity index (χ0v) is 7.68. The fourth-order valence-corrected chi connectivity index (χ4v) is 2.01. The van der Waals surface area contributed by atoms with Gasteiger partial charge >= 0.3 is 0 Å². The fraction of sp³-hybridized carbons (Fsp3) is 0.556. The van der Waals surface area contributed by atoms with Gasteiger partial charge in [-0.05, 0) is 17.9 Å². The number of hydrogen-bond donors (Lipinski definition) is 0. The molecule has 0 N–H and O–H groups in total. The van der Waals surface area contributed by atoms with Crippen molar-refractivity contribution in [3.05, 3.63) is 22.4 Å². The van der Waals surface area contributed by atoms with Crippen LogP contribution in [0.3, 0.4) is 0 Å². The topological polar surface area (TPSA) is 18.5 Å². The van der Waals surface area contributed by atoms with Crippen LogP contribution in [-0.4, -0.2) is 19.5 Å². The molecule has 0 saturated carbocycles. The largest absolute Gasteiger partial charge is 0.350 e. The molecule has 0 aliphatic carbocycles. The van der Waals surface area contributed by atoms with Gasteiger partial charge in [0, 0.05) is 11.3 Å². The van der Waals surface area contributed by atoms with E-state index >= 15 is 0 Å². The Hall–Kier alpha value is -0.380. The Morgan fingerprint density at radius 3 is 2.92 bits per heavy atom. The SMILES string of the molecule is c1csc(CCC2OCCO2)c1. The second kappa shape index (κ2) is 4.03. The summed E-state index contributed by atoms with van der Waals surface area (Å²) in [7, 11) is 0. The third kappa shape index (κ3) is 2.06. The molecule has 1 fully saturated rings. The smallest absolute Gasteiger partial charge is 0.158 e. The summed E-state index contributed by atoms with van der Waals surface area (Å²) in [6.07, 6.45) is 2.11. The molecule has 0 amide bonds. The van der Waals surface area contributed by atoms with Crippen molar-refractivity contribution in [1.29, 1.82) is 0 Å². The van der Waals surface area contributed by atoms with Crippen LogP contribution < -0.4 is 0 Å². The second-order valence-electron chi connectivity index (χ2n) is 2.79. The highest BCUT2D eigenvalue weighted by Gasteiger charge is 2.15. The lowest BCUT2D eigenvalue weighted by atomic mass is 10.2. The van der Waals surface area contributed by atoms with Crippen LogP contribution in [0.2, 0.25) is 0 Å². The minimum Gasteiger partial charge on any atom is -0.350 e. The van der Waals surface area contributed by atoms with E-state index in [0.717, 1.165) is 26.1 Å². The molecular formula is C9H12O2S. The minimum absolute atomic E-state index is 0.0482. The molecule has 1 aliphatic rings. The molecule has 3 heteroatoms. The quantitative estimate of drug-likeness (QED) is 0.715. The molecule has 0 bridgehead atoms. The van der Waals surface area contributed by atoms with Crippen molar-refractivity contribution < 1.29 is 9.47 Å². The predicted octanol–water partition coefficient (Wildman–Crippen LogP) is 2.05. The Morgan fingerprint density at radius 2 is 2.25 bits per heavy atom. The van der Waals surface area contributed by atoms with Gasteiger partial charge in [-0.2, -0.15) is 0 Å². The standard InChI is InChI=1S/C9H12O2S/c1-2-8(12-7-1)3-4-9-10-5-6-11-9/h1-2,7,9H,3-6H2. The Labute approximate surface area is 76.1 Å². The molecule has 2 heterocycles. The van der Waals surface area contributed by atoms with Crippen molar-refractivity contribution in [2.75, 3.05) is 13.2 Å². The third-order valence-corrected chi connectivity index (χ3v) is 2.83. The van der Waals surface area contributed by atoms with Crippen molar-refractivity contribution in [3.63, 3.8) is 0 Å². The lowest BCUT2D eigenvalue weighted by Gasteiger charge is -2.06. The number of rotatable bonds is 3. The molecule has 1 aromatic rings. The van der Waals surface area contributed by atoms with Gasteiger partial charge in [0.25, 0.3) is 0 Å². The van der Waals surface area contributed by atoms with E-state index < -0.39 is 0 Å². The van der Waals surface area contributed by atoms with Gasteiger partial charge in [0.2, 0.25) is 0 Å². The highest BCUT2D eigenvalue weighted by atomic mass is 32.1. The molecule has 2 nitrogen and oxygen atoms in total. The van der Waals surface area contributed by atoms with Crippen LogP contribution in [0.1, 0.15) is 11.3 Å². The molecule has 0 aromatic carbocycles. The zero-order chi connectivity index (χ0) is 8.23. The molecule has 0 unspecified atom stereocenters. The Morgan fingerprint density at radius 1 is 1.42 bits per heavy atom. The molecule has 66 valence electrons. The van der Waals surface area contributed by atoms with E-state index in [0.29, 0.717) is 0 Å². The van der Waals surface area contributed by atoms with Crippen LogP contribution in [0.5, 0.6) is 0 Å². The second-order valence-corrected chi connectivity index (χ2v) is 3.82. The van der Waals surface area contributed by atoms with Crippen LogP contribution >= 0.6 is 11.3 Å². The summed E-state index contributed by atoms with van der Waals surface area (Å²) in [6, 6.07) is 4.23. The molecule has 1 aromatic heterocycles. The van der Waals surface area contributed by atoms with E-state index in [1.165, 1.54) is 4.88 Å². The summed E-state index contributed by atoms with van der Waals surface area (Å²) >= 11 is 1.80. The Balaban J connectivity index is 1.74. The van der Waals surface area contributed by atoms with Gasteiger partial charge in [-0.1, -0.05) is 6.07 Å². The van der Waals surface area contributed by atoms with E-state index in [4.69, 9.17) is 9.47 Å². The first-order chi connectivity index (χ1) is 5.95. The van der Waals surface area contributed by atoms with Crippen LogP contribution in [-0.2, 0) is 15.9 Å². The highest BCUT2D eigenvalue weighted by Crippen LogP contribution is 2.15. The number of ether oxygens (including phenoxy) is 2. The first kappa shape index (κ1) is 8.23. The summed E-state index contributed by atoms with van der Waals surface area (Å²) < 4.78 is 10.7. The minimum atomic E-state index is 0.0482. The maximum Gasteiger partial charge on any atom is 0.158 e. The maximum absolute atomic E-state index is 5.33. The van der Waals surface area contributed by atoms with Crippen molar-refractivity contribution in [2.45, 2.75) is 19.1 Å². The molecule has 0 atom stereocenters. The summed E-state index contributed by atoms with van der Waals surface area (Å²) in [5.41, 5.74) is 0. The first-order valence-electron chi connectivity index (χ1n) is 4.21. The number of aryl methyl sites for hydroxylation is 1. The average molecular weight is 184 g/mol. The van der Waals surface area contributed by atoms with Crippen molar-refractivity contribution in [1.82, 2.24) is 0 Å². The molecule has 0 radical (unpaired) electrons. The number of hydrogen-bond acceptors (Lipinski definition) is 3. The predicted molar refractivity (Wildman–Crippen MR) is 48.3 cm³/mol. The van der Waals surface area contributed by atoms with Gasteiger partial charge in [-0.3, -0.25) is 0 Å². The Bertz CT molecular complexity index is 214. The van der Waals surface area contributed by atoms with Gasteiger partial charge < -0.3 is 9.47 Å². The Kier molecular flexibility index (Phi) is 2.76. The van der Waals surface area contributed by atoms with Gasteiger partial charge in [-0.25, -0.2) is 0 Å². The van der Waals surface area contributed by atoms with E-state index in [9.17, 15) is 0 Å². The summed E-state index contributed by atoms with van der Waals surface area (Å²) in [6.45, 7) is 1.52. The molecule has 0 spiro atoms. The van der Waals surface area contributed by atoms with Crippen molar-refractivity contribution in [3.8, 4) is 0 Å². The van der Waals surface area contributed by atoms with Crippen LogP contribution in [0.15, 0.2) is 17.5 Å². The normalized spacial score (nSPS) is 18.7. The maximum atomic E-state index is 5.33. The average Bonchev–Trinajstić information content (AvgIpc) is 2.74. The van der Waals surface area contributed by atoms with E-state index in [-0.39, 0.29) is 6.29 Å². The van der Waals surface area contributed by atoms with Gasteiger partial charge in [0.15, 0.2) is 6.29 Å². The third-order valence-electron chi connectivity index (χ3n) is 1.90. The summed E-state index contributed by atoms with van der Waals surface area (Å²) in [4.78, 5) is 1.41. The lowest BCUT2D eigenvalue weighted by molar-refractivity contribution is -0.0460.